The van der Waals surface area contributed by atoms with Crippen LogP contribution in [0, 0.1) is 5.41 Å². The quantitative estimate of drug-likeness (QED) is 0.277. The van der Waals surface area contributed by atoms with Crippen molar-refractivity contribution in [3.05, 3.63) is 0 Å². The predicted octanol–water partition coefficient (Wildman–Crippen LogP) is 2.39. The molecule has 2 fully saturated rings. The standard InChI is InChI=1S/C20H41N5O.HI/c1-4-21-19(22-11-12-25-15-13-24(5-2)14-16-25)23-18-20(10-17-26-3)8-6-7-9-20;/h4-18H2,1-3H3,(H2,21,22,23);1H. The molecular formula is C20H42IN5O. The number of nitrogens with zero attached hydrogens (tertiary/aromatic N) is 3. The van der Waals surface area contributed by atoms with E-state index in [1.54, 1.807) is 7.11 Å². The van der Waals surface area contributed by atoms with Gasteiger partial charge in [-0.2, -0.15) is 0 Å². The number of nitrogens with one attached hydrogen (secondary N) is 2. The summed E-state index contributed by atoms with van der Waals surface area (Å²) in [5.74, 6) is 0.975. The van der Waals surface area contributed by atoms with Crippen molar-refractivity contribution in [2.75, 3.05) is 72.6 Å². The highest BCUT2D eigenvalue weighted by Crippen LogP contribution is 2.41. The number of likely N-dealkylation sites (N-methyl/N-ethyl adjacent to an activating group) is 1. The summed E-state index contributed by atoms with van der Waals surface area (Å²) in [7, 11) is 1.80. The number of hydrogen-bond acceptors (Lipinski definition) is 4. The number of guanidine groups is 1. The Morgan fingerprint density at radius 3 is 2.30 bits per heavy atom. The van der Waals surface area contributed by atoms with E-state index in [2.05, 4.69) is 34.3 Å². The third-order valence-electron chi connectivity index (χ3n) is 6.05. The molecule has 6 nitrogen and oxygen atoms in total. The minimum atomic E-state index is 0. The van der Waals surface area contributed by atoms with E-state index in [0.29, 0.717) is 5.41 Å². The monoisotopic (exact) mass is 495 g/mol. The van der Waals surface area contributed by atoms with Gasteiger partial charge in [-0.1, -0.05) is 19.8 Å². The number of halogens is 1. The molecular weight excluding hydrogens is 453 g/mol. The number of piperazine rings is 1. The van der Waals surface area contributed by atoms with Gasteiger partial charge in [0.15, 0.2) is 5.96 Å². The molecule has 2 aliphatic rings. The number of ether oxygens (including phenoxy) is 1. The first-order valence-electron chi connectivity index (χ1n) is 10.7. The van der Waals surface area contributed by atoms with Crippen molar-refractivity contribution in [1.82, 2.24) is 20.4 Å². The van der Waals surface area contributed by atoms with Gasteiger partial charge in [-0.05, 0) is 38.1 Å². The first kappa shape index (κ1) is 24.9. The molecule has 1 aliphatic carbocycles. The van der Waals surface area contributed by atoms with E-state index in [9.17, 15) is 0 Å². The summed E-state index contributed by atoms with van der Waals surface area (Å²) in [5.41, 5.74) is 0.356. The van der Waals surface area contributed by atoms with Crippen LogP contribution in [-0.4, -0.2) is 88.4 Å². The molecule has 0 bridgehead atoms. The van der Waals surface area contributed by atoms with Crippen LogP contribution in [0.1, 0.15) is 46.0 Å². The van der Waals surface area contributed by atoms with Gasteiger partial charge in [-0.3, -0.25) is 9.89 Å². The molecule has 0 atom stereocenters. The highest BCUT2D eigenvalue weighted by Gasteiger charge is 2.33. The van der Waals surface area contributed by atoms with E-state index in [4.69, 9.17) is 9.73 Å². The summed E-state index contributed by atoms with van der Waals surface area (Å²) in [4.78, 5) is 10.0. The fraction of sp³-hybridized carbons (Fsp3) is 0.950. The van der Waals surface area contributed by atoms with E-state index in [-0.39, 0.29) is 24.0 Å². The summed E-state index contributed by atoms with van der Waals surface area (Å²) in [5, 5.41) is 6.96. The number of rotatable bonds is 10. The summed E-state index contributed by atoms with van der Waals surface area (Å²) in [6.45, 7) is 15.1. The number of hydrogen-bond donors (Lipinski definition) is 2. The lowest BCUT2D eigenvalue weighted by molar-refractivity contribution is 0.139. The second-order valence-electron chi connectivity index (χ2n) is 7.85. The topological polar surface area (TPSA) is 52.1 Å². The van der Waals surface area contributed by atoms with Crippen molar-refractivity contribution >= 4 is 29.9 Å². The second-order valence-corrected chi connectivity index (χ2v) is 7.85. The molecule has 1 saturated carbocycles. The Hall–Kier alpha value is -0.120. The fourth-order valence-electron chi connectivity index (χ4n) is 4.18. The van der Waals surface area contributed by atoms with Crippen molar-refractivity contribution in [2.45, 2.75) is 46.0 Å². The van der Waals surface area contributed by atoms with Crippen LogP contribution in [0.5, 0.6) is 0 Å². The Kier molecular flexibility index (Phi) is 12.9. The summed E-state index contributed by atoms with van der Waals surface area (Å²) in [6, 6.07) is 0. The Morgan fingerprint density at radius 2 is 1.70 bits per heavy atom. The van der Waals surface area contributed by atoms with Gasteiger partial charge in [0.05, 0.1) is 0 Å². The first-order valence-corrected chi connectivity index (χ1v) is 10.7. The van der Waals surface area contributed by atoms with Gasteiger partial charge >= 0.3 is 0 Å². The molecule has 0 radical (unpaired) electrons. The third-order valence-corrected chi connectivity index (χ3v) is 6.05. The van der Waals surface area contributed by atoms with Crippen molar-refractivity contribution in [3.63, 3.8) is 0 Å². The van der Waals surface area contributed by atoms with E-state index in [0.717, 1.165) is 45.2 Å². The van der Waals surface area contributed by atoms with Crippen molar-refractivity contribution < 1.29 is 4.74 Å². The van der Waals surface area contributed by atoms with Gasteiger partial charge in [-0.15, -0.1) is 24.0 Å². The molecule has 27 heavy (non-hydrogen) atoms. The normalized spacial score (nSPS) is 21.1. The smallest absolute Gasteiger partial charge is 0.191 e. The Balaban J connectivity index is 0.00000364. The summed E-state index contributed by atoms with van der Waals surface area (Å²) >= 11 is 0. The molecule has 1 aliphatic heterocycles. The number of methoxy groups -OCH3 is 1. The van der Waals surface area contributed by atoms with Gasteiger partial charge < -0.3 is 20.3 Å². The number of aliphatic imine (C=N–C) groups is 1. The highest BCUT2D eigenvalue weighted by atomic mass is 127. The zero-order valence-electron chi connectivity index (χ0n) is 17.8. The van der Waals surface area contributed by atoms with Crippen LogP contribution in [-0.2, 0) is 4.74 Å². The average Bonchev–Trinajstić information content (AvgIpc) is 3.14. The molecule has 0 aromatic rings. The Morgan fingerprint density at radius 1 is 1.04 bits per heavy atom. The maximum atomic E-state index is 5.34. The fourth-order valence-corrected chi connectivity index (χ4v) is 4.18. The summed E-state index contributed by atoms with van der Waals surface area (Å²) in [6.07, 6.45) is 6.40. The van der Waals surface area contributed by atoms with E-state index >= 15 is 0 Å². The molecule has 7 heteroatoms. The van der Waals surface area contributed by atoms with Crippen LogP contribution < -0.4 is 10.6 Å². The maximum absolute atomic E-state index is 5.34. The van der Waals surface area contributed by atoms with Crippen molar-refractivity contribution in [2.24, 2.45) is 10.4 Å². The van der Waals surface area contributed by atoms with E-state index in [1.165, 1.54) is 58.4 Å². The van der Waals surface area contributed by atoms with Crippen LogP contribution in [0.4, 0.5) is 0 Å². The third kappa shape index (κ3) is 8.83. The minimum absolute atomic E-state index is 0. The van der Waals surface area contributed by atoms with Gasteiger partial charge in [0.25, 0.3) is 0 Å². The molecule has 2 N–H and O–H groups in total. The average molecular weight is 495 g/mol. The molecule has 1 saturated heterocycles. The van der Waals surface area contributed by atoms with Gasteiger partial charge in [-0.25, -0.2) is 0 Å². The molecule has 0 amide bonds. The zero-order chi connectivity index (χ0) is 18.7. The lowest BCUT2D eigenvalue weighted by atomic mass is 9.83. The van der Waals surface area contributed by atoms with Crippen LogP contribution >= 0.6 is 24.0 Å². The zero-order valence-corrected chi connectivity index (χ0v) is 20.1. The van der Waals surface area contributed by atoms with Crippen LogP contribution in [0.25, 0.3) is 0 Å². The molecule has 2 rings (SSSR count). The van der Waals surface area contributed by atoms with Gasteiger partial charge in [0.2, 0.25) is 0 Å². The van der Waals surface area contributed by atoms with E-state index < -0.39 is 0 Å². The van der Waals surface area contributed by atoms with Gasteiger partial charge in [0.1, 0.15) is 0 Å². The van der Waals surface area contributed by atoms with Crippen LogP contribution in [0.3, 0.4) is 0 Å². The van der Waals surface area contributed by atoms with Gasteiger partial charge in [0, 0.05) is 66.1 Å². The maximum Gasteiger partial charge on any atom is 0.191 e. The molecule has 0 aromatic heterocycles. The lowest BCUT2D eigenvalue weighted by Crippen LogP contribution is -2.49. The Labute approximate surface area is 183 Å². The van der Waals surface area contributed by atoms with E-state index in [1.807, 2.05) is 0 Å². The lowest BCUT2D eigenvalue weighted by Gasteiger charge is -2.34. The van der Waals surface area contributed by atoms with Crippen LogP contribution in [0.15, 0.2) is 4.99 Å². The first-order chi connectivity index (χ1) is 12.7. The SMILES string of the molecule is CCNC(=NCC1(CCOC)CCCC1)NCCN1CCN(CC)CC1.I. The van der Waals surface area contributed by atoms with Crippen molar-refractivity contribution in [3.8, 4) is 0 Å². The molecule has 1 heterocycles. The molecule has 0 aromatic carbocycles. The Bertz CT molecular complexity index is 407. The van der Waals surface area contributed by atoms with Crippen molar-refractivity contribution in [1.29, 1.82) is 0 Å². The largest absolute Gasteiger partial charge is 0.385 e. The highest BCUT2D eigenvalue weighted by molar-refractivity contribution is 14.0. The van der Waals surface area contributed by atoms with Crippen LogP contribution in [0.2, 0.25) is 0 Å². The summed E-state index contributed by atoms with van der Waals surface area (Å²) < 4.78 is 5.34. The predicted molar refractivity (Wildman–Crippen MR) is 125 cm³/mol. The minimum Gasteiger partial charge on any atom is -0.385 e. The molecule has 0 spiro atoms. The molecule has 160 valence electrons. The molecule has 0 unspecified atom stereocenters. The second kappa shape index (κ2) is 14.0.